The molecule has 0 bridgehead atoms. The van der Waals surface area contributed by atoms with Gasteiger partial charge in [0.25, 0.3) is 10.0 Å². The number of rotatable bonds is 4. The molecule has 9 heteroatoms. The fraction of sp³-hybridized carbons (Fsp3) is 0.231. The molecule has 116 valence electrons. The van der Waals surface area contributed by atoms with Gasteiger partial charge in [-0.05, 0) is 30.0 Å². The highest BCUT2D eigenvalue weighted by Crippen LogP contribution is 2.47. The second-order valence-electron chi connectivity index (χ2n) is 4.91. The van der Waals surface area contributed by atoms with E-state index < -0.39 is 15.9 Å². The van der Waals surface area contributed by atoms with Gasteiger partial charge < -0.3 is 0 Å². The zero-order valence-electron chi connectivity index (χ0n) is 11.0. The first-order chi connectivity index (χ1) is 10.4. The summed E-state index contributed by atoms with van der Waals surface area (Å²) in [7, 11) is -3.94. The Labute approximate surface area is 144 Å². The Morgan fingerprint density at radius 3 is 2.64 bits per heavy atom. The van der Waals surface area contributed by atoms with Crippen molar-refractivity contribution in [3.63, 3.8) is 0 Å². The number of halogens is 2. The van der Waals surface area contributed by atoms with E-state index >= 15 is 0 Å². The summed E-state index contributed by atoms with van der Waals surface area (Å²) in [5, 5.41) is 1.50. The van der Waals surface area contributed by atoms with Crippen molar-refractivity contribution >= 4 is 54.8 Å². The summed E-state index contributed by atoms with van der Waals surface area (Å²) in [6.45, 7) is 0. The normalized spacial score (nSPS) is 20.6. The fourth-order valence-corrected chi connectivity index (χ4v) is 4.66. The van der Waals surface area contributed by atoms with Gasteiger partial charge in [0.1, 0.15) is 5.15 Å². The predicted octanol–water partition coefficient (Wildman–Crippen LogP) is 3.17. The van der Waals surface area contributed by atoms with Crippen LogP contribution in [-0.4, -0.2) is 19.3 Å². The Kier molecular flexibility index (Phi) is 4.28. The largest absolute Gasteiger partial charge is 0.291 e. The predicted molar refractivity (Wildman–Crippen MR) is 87.4 cm³/mol. The molecule has 2 aromatic rings. The van der Waals surface area contributed by atoms with Crippen molar-refractivity contribution in [2.45, 2.75) is 16.7 Å². The van der Waals surface area contributed by atoms with Gasteiger partial charge in [-0.25, -0.2) is 9.71 Å². The number of carbonyl (C=O) groups is 1. The number of thiazole rings is 1. The summed E-state index contributed by atoms with van der Waals surface area (Å²) in [5.74, 6) is -0.770. The van der Waals surface area contributed by atoms with Crippen LogP contribution in [0, 0.1) is 5.92 Å². The summed E-state index contributed by atoms with van der Waals surface area (Å²) in [5.41, 5.74) is 1.03. The van der Waals surface area contributed by atoms with Crippen molar-refractivity contribution < 1.29 is 13.2 Å². The quantitative estimate of drug-likeness (QED) is 0.822. The van der Waals surface area contributed by atoms with Gasteiger partial charge in [-0.15, -0.1) is 11.3 Å². The van der Waals surface area contributed by atoms with E-state index in [-0.39, 0.29) is 21.3 Å². The highest BCUT2D eigenvalue weighted by molar-refractivity contribution is 9.10. The average molecular weight is 422 g/mol. The summed E-state index contributed by atoms with van der Waals surface area (Å²) in [4.78, 5) is 15.8. The third-order valence-electron chi connectivity index (χ3n) is 3.35. The second-order valence-corrected chi connectivity index (χ2v) is 8.92. The van der Waals surface area contributed by atoms with Gasteiger partial charge in [0, 0.05) is 15.8 Å². The first kappa shape index (κ1) is 15.9. The van der Waals surface area contributed by atoms with Crippen molar-refractivity contribution in [1.82, 2.24) is 9.71 Å². The van der Waals surface area contributed by atoms with Crippen LogP contribution in [0.15, 0.2) is 38.5 Å². The highest BCUT2D eigenvalue weighted by atomic mass is 79.9. The minimum Gasteiger partial charge on any atom is -0.274 e. The molecule has 1 aromatic heterocycles. The lowest BCUT2D eigenvalue weighted by Gasteiger charge is -2.04. The van der Waals surface area contributed by atoms with E-state index in [0.29, 0.717) is 6.42 Å². The van der Waals surface area contributed by atoms with E-state index in [1.165, 1.54) is 5.38 Å². The van der Waals surface area contributed by atoms with Crippen LogP contribution in [0.25, 0.3) is 0 Å². The first-order valence-corrected chi connectivity index (χ1v) is 9.83. The number of aromatic nitrogens is 1. The molecule has 1 aliphatic rings. The molecule has 1 N–H and O–H groups in total. The molecule has 0 saturated heterocycles. The van der Waals surface area contributed by atoms with Crippen molar-refractivity contribution in [2.24, 2.45) is 5.92 Å². The topological polar surface area (TPSA) is 76.1 Å². The van der Waals surface area contributed by atoms with Gasteiger partial charge >= 0.3 is 0 Å². The number of carbonyl (C=O) groups excluding carboxylic acids is 1. The van der Waals surface area contributed by atoms with Gasteiger partial charge in [-0.2, -0.15) is 8.42 Å². The molecule has 22 heavy (non-hydrogen) atoms. The summed E-state index contributed by atoms with van der Waals surface area (Å²) < 4.78 is 26.9. The van der Waals surface area contributed by atoms with Crippen LogP contribution in [0.3, 0.4) is 0 Å². The van der Waals surface area contributed by atoms with E-state index in [9.17, 15) is 13.2 Å². The van der Waals surface area contributed by atoms with Crippen LogP contribution < -0.4 is 4.72 Å². The molecule has 1 fully saturated rings. The molecule has 1 saturated carbocycles. The van der Waals surface area contributed by atoms with Crippen molar-refractivity contribution in [3.05, 3.63) is 44.8 Å². The molecule has 1 aliphatic carbocycles. The van der Waals surface area contributed by atoms with Crippen LogP contribution in [0.1, 0.15) is 17.9 Å². The van der Waals surface area contributed by atoms with Crippen molar-refractivity contribution in [2.75, 3.05) is 0 Å². The molecule has 0 aliphatic heterocycles. The van der Waals surface area contributed by atoms with Gasteiger partial charge in [-0.3, -0.25) is 4.79 Å². The molecule has 2 atom stereocenters. The third-order valence-corrected chi connectivity index (χ3v) is 6.80. The molecule has 1 amide bonds. The Morgan fingerprint density at radius 1 is 1.36 bits per heavy atom. The lowest BCUT2D eigenvalue weighted by molar-refractivity contribution is -0.120. The molecule has 5 nitrogen and oxygen atoms in total. The molecule has 0 unspecified atom stereocenters. The molecular formula is C13H10BrClN2O3S2. The minimum atomic E-state index is -3.94. The molecule has 0 spiro atoms. The number of nitrogens with zero attached hydrogens (tertiary/aromatic N) is 1. The first-order valence-electron chi connectivity index (χ1n) is 6.30. The third kappa shape index (κ3) is 3.34. The van der Waals surface area contributed by atoms with Crippen LogP contribution in [0.2, 0.25) is 5.15 Å². The Morgan fingerprint density at radius 2 is 2.05 bits per heavy atom. The number of benzene rings is 1. The van der Waals surface area contributed by atoms with Crippen molar-refractivity contribution in [3.8, 4) is 0 Å². The lowest BCUT2D eigenvalue weighted by Crippen LogP contribution is -2.32. The molecule has 1 heterocycles. The molecular weight excluding hydrogens is 412 g/mol. The van der Waals surface area contributed by atoms with E-state index in [1.54, 1.807) is 0 Å². The van der Waals surface area contributed by atoms with Crippen LogP contribution in [0.4, 0.5) is 0 Å². The zero-order chi connectivity index (χ0) is 15.9. The molecule has 3 rings (SSSR count). The Balaban J connectivity index is 1.68. The smallest absolute Gasteiger partial charge is 0.274 e. The van der Waals surface area contributed by atoms with E-state index in [0.717, 1.165) is 21.4 Å². The fourth-order valence-electron chi connectivity index (χ4n) is 2.18. The van der Waals surface area contributed by atoms with E-state index in [1.807, 2.05) is 24.3 Å². The van der Waals surface area contributed by atoms with Crippen molar-refractivity contribution in [1.29, 1.82) is 0 Å². The van der Waals surface area contributed by atoms with E-state index in [2.05, 4.69) is 25.6 Å². The number of hydrogen-bond donors (Lipinski definition) is 1. The zero-order valence-corrected chi connectivity index (χ0v) is 15.0. The van der Waals surface area contributed by atoms with Gasteiger partial charge in [0.2, 0.25) is 10.2 Å². The lowest BCUT2D eigenvalue weighted by atomic mass is 10.1. The maximum atomic E-state index is 12.1. The number of nitrogens with one attached hydrogen (secondary N) is 1. The second kappa shape index (κ2) is 5.92. The summed E-state index contributed by atoms with van der Waals surface area (Å²) in [6, 6.07) is 7.65. The van der Waals surface area contributed by atoms with Gasteiger partial charge in [-0.1, -0.05) is 39.7 Å². The van der Waals surface area contributed by atoms with Crippen LogP contribution in [0.5, 0.6) is 0 Å². The minimum absolute atomic E-state index is 0.0585. The van der Waals surface area contributed by atoms with Crippen LogP contribution >= 0.6 is 38.9 Å². The van der Waals surface area contributed by atoms with Crippen LogP contribution in [-0.2, 0) is 14.8 Å². The maximum absolute atomic E-state index is 12.1. The molecule has 1 aromatic carbocycles. The summed E-state index contributed by atoms with van der Waals surface area (Å²) >= 11 is 9.84. The summed E-state index contributed by atoms with van der Waals surface area (Å²) in [6.07, 6.45) is 0.640. The number of sulfonamides is 1. The monoisotopic (exact) mass is 420 g/mol. The van der Waals surface area contributed by atoms with Gasteiger partial charge in [0.05, 0.1) is 0 Å². The van der Waals surface area contributed by atoms with Gasteiger partial charge in [0.15, 0.2) is 0 Å². The Bertz CT molecular complexity index is 820. The van der Waals surface area contributed by atoms with E-state index in [4.69, 9.17) is 11.6 Å². The SMILES string of the molecule is O=C(NS(=O)(=O)c1nc(Cl)cs1)[C@@H]1C[C@H]1c1ccc(Br)cc1. The number of amides is 1. The molecule has 0 radical (unpaired) electrons. The average Bonchev–Trinajstić information content (AvgIpc) is 3.13. The maximum Gasteiger partial charge on any atom is 0.291 e. The Hall–Kier alpha value is -0.960. The standard InChI is InChI=1S/C13H10BrClN2O3S2/c14-8-3-1-7(2-4-8)9-5-10(9)12(18)17-22(19,20)13-16-11(15)6-21-13/h1-4,6,9-10H,5H2,(H,17,18)/t9-,10+/m0/s1. The number of hydrogen-bond acceptors (Lipinski definition) is 5. The highest BCUT2D eigenvalue weighted by Gasteiger charge is 2.45.